The van der Waals surface area contributed by atoms with Crippen LogP contribution < -0.4 is 5.32 Å². The maximum Gasteiger partial charge on any atom is 0.317 e. The van der Waals surface area contributed by atoms with E-state index in [9.17, 15) is 9.59 Å². The third-order valence-corrected chi connectivity index (χ3v) is 3.26. The van der Waals surface area contributed by atoms with Crippen LogP contribution in [0.25, 0.3) is 0 Å². The standard InChI is InChI=1S/C12H23N3O3/c1-14(2)10-5-4-8-15(9-10)12(18)13-7-3-6-11(16)17/h10H,3-9H2,1-2H3,(H,13,18)(H,16,17). The predicted octanol–water partition coefficient (Wildman–Crippen LogP) is 0.587. The summed E-state index contributed by atoms with van der Waals surface area (Å²) >= 11 is 0. The fourth-order valence-corrected chi connectivity index (χ4v) is 2.11. The number of carbonyl (C=O) groups excluding carboxylic acids is 1. The van der Waals surface area contributed by atoms with Gasteiger partial charge >= 0.3 is 12.0 Å². The van der Waals surface area contributed by atoms with E-state index in [1.807, 2.05) is 19.0 Å². The summed E-state index contributed by atoms with van der Waals surface area (Å²) in [5.41, 5.74) is 0. The van der Waals surface area contributed by atoms with Gasteiger partial charge in [-0.05, 0) is 33.4 Å². The number of carboxylic acids is 1. The number of carbonyl (C=O) groups is 2. The van der Waals surface area contributed by atoms with Crippen LogP contribution in [0.4, 0.5) is 4.79 Å². The first-order valence-electron chi connectivity index (χ1n) is 6.41. The minimum atomic E-state index is -0.824. The van der Waals surface area contributed by atoms with Gasteiger partial charge in [-0.3, -0.25) is 4.79 Å². The molecule has 0 saturated carbocycles. The summed E-state index contributed by atoms with van der Waals surface area (Å²) in [4.78, 5) is 26.2. The molecule has 1 unspecified atom stereocenters. The highest BCUT2D eigenvalue weighted by atomic mass is 16.4. The highest BCUT2D eigenvalue weighted by molar-refractivity contribution is 5.74. The smallest absolute Gasteiger partial charge is 0.317 e. The number of amides is 2. The van der Waals surface area contributed by atoms with Crippen molar-refractivity contribution >= 4 is 12.0 Å². The van der Waals surface area contributed by atoms with Crippen molar-refractivity contribution in [1.82, 2.24) is 15.1 Å². The van der Waals surface area contributed by atoms with Crippen molar-refractivity contribution in [2.45, 2.75) is 31.7 Å². The molecule has 1 aliphatic heterocycles. The predicted molar refractivity (Wildman–Crippen MR) is 68.6 cm³/mol. The summed E-state index contributed by atoms with van der Waals surface area (Å²) in [6.07, 6.45) is 2.72. The third-order valence-electron chi connectivity index (χ3n) is 3.26. The van der Waals surface area contributed by atoms with Crippen molar-refractivity contribution in [2.75, 3.05) is 33.7 Å². The summed E-state index contributed by atoms with van der Waals surface area (Å²) in [5.74, 6) is -0.824. The van der Waals surface area contributed by atoms with Crippen molar-refractivity contribution < 1.29 is 14.7 Å². The molecule has 0 aromatic carbocycles. The van der Waals surface area contributed by atoms with E-state index >= 15 is 0 Å². The number of rotatable bonds is 5. The van der Waals surface area contributed by atoms with Crippen LogP contribution in [0.3, 0.4) is 0 Å². The zero-order valence-corrected chi connectivity index (χ0v) is 11.2. The number of hydrogen-bond donors (Lipinski definition) is 2. The number of likely N-dealkylation sites (tertiary alicyclic amines) is 1. The molecule has 0 bridgehead atoms. The number of hydrogen-bond acceptors (Lipinski definition) is 3. The molecule has 2 N–H and O–H groups in total. The van der Waals surface area contributed by atoms with E-state index in [2.05, 4.69) is 10.2 Å². The number of aliphatic carboxylic acids is 1. The molecule has 0 aromatic heterocycles. The summed E-state index contributed by atoms with van der Waals surface area (Å²) in [7, 11) is 4.05. The lowest BCUT2D eigenvalue weighted by Crippen LogP contribution is -2.50. The Bertz CT molecular complexity index is 294. The Balaban J connectivity index is 2.26. The van der Waals surface area contributed by atoms with E-state index in [0.29, 0.717) is 19.0 Å². The molecule has 1 heterocycles. The normalized spacial score (nSPS) is 19.9. The lowest BCUT2D eigenvalue weighted by molar-refractivity contribution is -0.137. The fourth-order valence-electron chi connectivity index (χ4n) is 2.11. The minimum Gasteiger partial charge on any atom is -0.481 e. The molecule has 2 amide bonds. The molecule has 0 spiro atoms. The van der Waals surface area contributed by atoms with Crippen LogP contribution in [0.2, 0.25) is 0 Å². The van der Waals surface area contributed by atoms with Gasteiger partial charge in [0.2, 0.25) is 0 Å². The van der Waals surface area contributed by atoms with Crippen molar-refractivity contribution in [3.8, 4) is 0 Å². The second-order valence-corrected chi connectivity index (χ2v) is 4.93. The molecule has 0 aromatic rings. The molecule has 1 atom stereocenters. The van der Waals surface area contributed by atoms with Gasteiger partial charge in [0.05, 0.1) is 0 Å². The van der Waals surface area contributed by atoms with Gasteiger partial charge in [0.25, 0.3) is 0 Å². The highest BCUT2D eigenvalue weighted by Crippen LogP contribution is 2.13. The highest BCUT2D eigenvalue weighted by Gasteiger charge is 2.24. The Morgan fingerprint density at radius 3 is 2.78 bits per heavy atom. The minimum absolute atomic E-state index is 0.0769. The molecule has 1 fully saturated rings. The van der Waals surface area contributed by atoms with Gasteiger partial charge in [-0.1, -0.05) is 0 Å². The van der Waals surface area contributed by atoms with Crippen molar-refractivity contribution in [3.63, 3.8) is 0 Å². The second kappa shape index (κ2) is 7.20. The van der Waals surface area contributed by atoms with Crippen molar-refractivity contribution in [2.24, 2.45) is 0 Å². The van der Waals surface area contributed by atoms with Gasteiger partial charge < -0.3 is 20.2 Å². The van der Waals surface area contributed by atoms with Gasteiger partial charge in [-0.15, -0.1) is 0 Å². The van der Waals surface area contributed by atoms with Gasteiger partial charge in [-0.2, -0.15) is 0 Å². The van der Waals surface area contributed by atoms with Crippen LogP contribution in [0.15, 0.2) is 0 Å². The third kappa shape index (κ3) is 4.91. The maximum atomic E-state index is 11.9. The molecule has 1 rings (SSSR count). The van der Waals surface area contributed by atoms with Crippen LogP contribution in [0.1, 0.15) is 25.7 Å². The van der Waals surface area contributed by atoms with Crippen LogP contribution >= 0.6 is 0 Å². The zero-order chi connectivity index (χ0) is 13.5. The molecular formula is C12H23N3O3. The molecule has 0 radical (unpaired) electrons. The van der Waals surface area contributed by atoms with E-state index in [1.165, 1.54) is 0 Å². The molecule has 0 aliphatic carbocycles. The average molecular weight is 257 g/mol. The van der Waals surface area contributed by atoms with Crippen LogP contribution in [0, 0.1) is 0 Å². The van der Waals surface area contributed by atoms with Gasteiger partial charge in [0, 0.05) is 32.1 Å². The van der Waals surface area contributed by atoms with E-state index < -0.39 is 5.97 Å². The second-order valence-electron chi connectivity index (χ2n) is 4.93. The molecule has 1 saturated heterocycles. The number of piperidine rings is 1. The number of nitrogens with one attached hydrogen (secondary N) is 1. The van der Waals surface area contributed by atoms with Crippen LogP contribution in [-0.2, 0) is 4.79 Å². The summed E-state index contributed by atoms with van der Waals surface area (Å²) in [6.45, 7) is 1.96. The Morgan fingerprint density at radius 1 is 1.44 bits per heavy atom. The largest absolute Gasteiger partial charge is 0.481 e. The number of likely N-dealkylation sites (N-methyl/N-ethyl adjacent to an activating group) is 1. The molecule has 6 heteroatoms. The topological polar surface area (TPSA) is 72.9 Å². The average Bonchev–Trinajstić information content (AvgIpc) is 2.34. The summed E-state index contributed by atoms with van der Waals surface area (Å²) < 4.78 is 0. The Kier molecular flexibility index (Phi) is 5.91. The SMILES string of the molecule is CN(C)C1CCCN(C(=O)NCCCC(=O)O)C1. The first-order chi connectivity index (χ1) is 8.50. The summed E-state index contributed by atoms with van der Waals surface area (Å²) in [6, 6.07) is 0.343. The maximum absolute atomic E-state index is 11.9. The van der Waals surface area contributed by atoms with Gasteiger partial charge in [0.15, 0.2) is 0 Å². The quantitative estimate of drug-likeness (QED) is 0.707. The molecule has 1 aliphatic rings. The number of urea groups is 1. The number of carboxylic acid groups (broad SMARTS) is 1. The van der Waals surface area contributed by atoms with E-state index in [1.54, 1.807) is 0 Å². The monoisotopic (exact) mass is 257 g/mol. The molecular weight excluding hydrogens is 234 g/mol. The van der Waals surface area contributed by atoms with Gasteiger partial charge in [-0.25, -0.2) is 4.79 Å². The van der Waals surface area contributed by atoms with E-state index in [4.69, 9.17) is 5.11 Å². The molecule has 18 heavy (non-hydrogen) atoms. The Morgan fingerprint density at radius 2 is 2.17 bits per heavy atom. The molecule has 104 valence electrons. The lowest BCUT2D eigenvalue weighted by Gasteiger charge is -2.36. The van der Waals surface area contributed by atoms with Crippen molar-refractivity contribution in [1.29, 1.82) is 0 Å². The first-order valence-corrected chi connectivity index (χ1v) is 6.41. The zero-order valence-electron chi connectivity index (χ0n) is 11.2. The first kappa shape index (κ1) is 14.8. The van der Waals surface area contributed by atoms with Crippen LogP contribution in [-0.4, -0.2) is 66.7 Å². The van der Waals surface area contributed by atoms with E-state index in [-0.39, 0.29) is 12.5 Å². The Hall–Kier alpha value is -1.30. The lowest BCUT2D eigenvalue weighted by atomic mass is 10.1. The number of nitrogens with zero attached hydrogens (tertiary/aromatic N) is 2. The van der Waals surface area contributed by atoms with Crippen LogP contribution in [0.5, 0.6) is 0 Å². The molecule has 6 nitrogen and oxygen atoms in total. The van der Waals surface area contributed by atoms with E-state index in [0.717, 1.165) is 25.9 Å². The Labute approximate surface area is 108 Å². The van der Waals surface area contributed by atoms with Gasteiger partial charge in [0.1, 0.15) is 0 Å². The fraction of sp³-hybridized carbons (Fsp3) is 0.833. The van der Waals surface area contributed by atoms with Crippen molar-refractivity contribution in [3.05, 3.63) is 0 Å². The summed E-state index contributed by atoms with van der Waals surface area (Å²) in [5, 5.41) is 11.3.